The summed E-state index contributed by atoms with van der Waals surface area (Å²) >= 11 is 1.81. The van der Waals surface area contributed by atoms with Crippen molar-refractivity contribution in [1.29, 1.82) is 0 Å². The Morgan fingerprint density at radius 1 is 1.19 bits per heavy atom. The molecule has 3 heteroatoms. The summed E-state index contributed by atoms with van der Waals surface area (Å²) in [5.74, 6) is 0. The molecule has 0 radical (unpaired) electrons. The molecule has 1 aromatic heterocycles. The number of benzene rings is 1. The number of thiophene rings is 1. The van der Waals surface area contributed by atoms with Gasteiger partial charge in [-0.05, 0) is 34.5 Å². The van der Waals surface area contributed by atoms with Crippen LogP contribution in [0.2, 0.25) is 0 Å². The van der Waals surface area contributed by atoms with E-state index in [0.29, 0.717) is 0 Å². The van der Waals surface area contributed by atoms with Crippen molar-refractivity contribution in [3.05, 3.63) is 35.2 Å². The largest absolute Gasteiger partial charge is 0.379 e. The highest BCUT2D eigenvalue weighted by Crippen LogP contribution is 2.22. The predicted octanol–water partition coefficient (Wildman–Crippen LogP) is 2.73. The monoisotopic (exact) mass is 233 g/mol. The van der Waals surface area contributed by atoms with Gasteiger partial charge >= 0.3 is 0 Å². The van der Waals surface area contributed by atoms with Crippen LogP contribution < -0.4 is 0 Å². The Kier molecular flexibility index (Phi) is 2.91. The summed E-state index contributed by atoms with van der Waals surface area (Å²) in [6.45, 7) is 4.92. The average molecular weight is 233 g/mol. The van der Waals surface area contributed by atoms with Crippen LogP contribution in [-0.2, 0) is 11.3 Å². The molecular formula is C13H15NOS. The number of hydrogen-bond donors (Lipinski definition) is 0. The van der Waals surface area contributed by atoms with E-state index in [1.807, 2.05) is 11.3 Å². The summed E-state index contributed by atoms with van der Waals surface area (Å²) < 4.78 is 6.74. The van der Waals surface area contributed by atoms with Crippen LogP contribution in [0.4, 0.5) is 0 Å². The zero-order valence-electron chi connectivity index (χ0n) is 9.19. The fourth-order valence-electron chi connectivity index (χ4n) is 2.13. The molecule has 2 aromatic rings. The lowest BCUT2D eigenvalue weighted by Crippen LogP contribution is -2.35. The van der Waals surface area contributed by atoms with Gasteiger partial charge in [0.2, 0.25) is 0 Å². The Labute approximate surface area is 99.4 Å². The van der Waals surface area contributed by atoms with E-state index < -0.39 is 0 Å². The van der Waals surface area contributed by atoms with Gasteiger partial charge in [-0.1, -0.05) is 6.07 Å². The van der Waals surface area contributed by atoms with Gasteiger partial charge in [0.05, 0.1) is 13.2 Å². The number of fused-ring (bicyclic) bond motifs is 1. The van der Waals surface area contributed by atoms with Crippen molar-refractivity contribution in [1.82, 2.24) is 4.90 Å². The van der Waals surface area contributed by atoms with Crippen molar-refractivity contribution in [2.75, 3.05) is 26.3 Å². The molecule has 1 aromatic carbocycles. The highest BCUT2D eigenvalue weighted by molar-refractivity contribution is 7.17. The average Bonchev–Trinajstić information content (AvgIpc) is 2.77. The Morgan fingerprint density at radius 3 is 2.94 bits per heavy atom. The van der Waals surface area contributed by atoms with Crippen LogP contribution >= 0.6 is 11.3 Å². The van der Waals surface area contributed by atoms with Crippen LogP contribution in [0.25, 0.3) is 10.1 Å². The smallest absolute Gasteiger partial charge is 0.0594 e. The second-order valence-corrected chi connectivity index (χ2v) is 5.13. The van der Waals surface area contributed by atoms with E-state index in [0.717, 1.165) is 32.8 Å². The van der Waals surface area contributed by atoms with Crippen LogP contribution in [0.3, 0.4) is 0 Å². The molecule has 0 aliphatic carbocycles. The van der Waals surface area contributed by atoms with E-state index in [2.05, 4.69) is 34.5 Å². The first-order valence-corrected chi connectivity index (χ1v) is 6.56. The van der Waals surface area contributed by atoms with E-state index in [-0.39, 0.29) is 0 Å². The number of ether oxygens (including phenoxy) is 1. The normalized spacial score (nSPS) is 18.0. The minimum Gasteiger partial charge on any atom is -0.379 e. The maximum Gasteiger partial charge on any atom is 0.0594 e. The molecule has 84 valence electrons. The van der Waals surface area contributed by atoms with E-state index in [1.165, 1.54) is 15.6 Å². The third-order valence-corrected chi connectivity index (χ3v) is 3.92. The summed E-state index contributed by atoms with van der Waals surface area (Å²) in [6.07, 6.45) is 0. The highest BCUT2D eigenvalue weighted by atomic mass is 32.1. The van der Waals surface area contributed by atoms with Gasteiger partial charge in [0.15, 0.2) is 0 Å². The van der Waals surface area contributed by atoms with Crippen molar-refractivity contribution in [2.45, 2.75) is 6.54 Å². The quantitative estimate of drug-likeness (QED) is 0.791. The second-order valence-electron chi connectivity index (χ2n) is 4.18. The van der Waals surface area contributed by atoms with Crippen LogP contribution in [0.5, 0.6) is 0 Å². The molecule has 1 saturated heterocycles. The standard InChI is InChI=1S/C13H15NOS/c1-2-13-12(3-8-16-13)9-11(1)10-14-4-6-15-7-5-14/h1-3,8-9H,4-7,10H2. The zero-order chi connectivity index (χ0) is 10.8. The Balaban J connectivity index is 1.77. The first-order chi connectivity index (χ1) is 7.92. The van der Waals surface area contributed by atoms with Crippen molar-refractivity contribution in [3.8, 4) is 0 Å². The van der Waals surface area contributed by atoms with Crippen LogP contribution in [-0.4, -0.2) is 31.2 Å². The number of morpholine rings is 1. The summed E-state index contributed by atoms with van der Waals surface area (Å²) in [5.41, 5.74) is 1.41. The number of rotatable bonds is 2. The fraction of sp³-hybridized carbons (Fsp3) is 0.385. The first-order valence-electron chi connectivity index (χ1n) is 5.68. The van der Waals surface area contributed by atoms with Gasteiger partial charge in [0, 0.05) is 24.3 Å². The van der Waals surface area contributed by atoms with Crippen molar-refractivity contribution in [3.63, 3.8) is 0 Å². The topological polar surface area (TPSA) is 12.5 Å². The summed E-state index contributed by atoms with van der Waals surface area (Å²) in [5, 5.41) is 3.53. The summed E-state index contributed by atoms with van der Waals surface area (Å²) in [4.78, 5) is 2.46. The molecule has 3 rings (SSSR count). The maximum absolute atomic E-state index is 5.36. The van der Waals surface area contributed by atoms with Gasteiger partial charge in [-0.15, -0.1) is 11.3 Å². The van der Waals surface area contributed by atoms with Gasteiger partial charge in [-0.3, -0.25) is 4.90 Å². The van der Waals surface area contributed by atoms with Crippen LogP contribution in [0.15, 0.2) is 29.6 Å². The van der Waals surface area contributed by atoms with Gasteiger partial charge < -0.3 is 4.74 Å². The predicted molar refractivity (Wildman–Crippen MR) is 67.9 cm³/mol. The molecule has 1 fully saturated rings. The molecule has 2 heterocycles. The summed E-state index contributed by atoms with van der Waals surface area (Å²) in [7, 11) is 0. The molecule has 1 aliphatic rings. The molecule has 0 saturated carbocycles. The molecule has 0 spiro atoms. The Hall–Kier alpha value is -0.900. The molecule has 0 atom stereocenters. The van der Waals surface area contributed by atoms with Crippen molar-refractivity contribution in [2.24, 2.45) is 0 Å². The van der Waals surface area contributed by atoms with Gasteiger partial charge in [-0.2, -0.15) is 0 Å². The van der Waals surface area contributed by atoms with Gasteiger partial charge in [0.1, 0.15) is 0 Å². The van der Waals surface area contributed by atoms with E-state index in [9.17, 15) is 0 Å². The number of hydrogen-bond acceptors (Lipinski definition) is 3. The lowest BCUT2D eigenvalue weighted by molar-refractivity contribution is 0.0342. The third-order valence-electron chi connectivity index (χ3n) is 3.03. The summed E-state index contributed by atoms with van der Waals surface area (Å²) in [6, 6.07) is 8.98. The molecular weight excluding hydrogens is 218 g/mol. The Bertz CT molecular complexity index is 473. The minimum absolute atomic E-state index is 0.876. The minimum atomic E-state index is 0.876. The highest BCUT2D eigenvalue weighted by Gasteiger charge is 2.10. The molecule has 1 aliphatic heterocycles. The number of nitrogens with zero attached hydrogens (tertiary/aromatic N) is 1. The fourth-order valence-corrected chi connectivity index (χ4v) is 2.90. The third kappa shape index (κ3) is 2.12. The van der Waals surface area contributed by atoms with Crippen LogP contribution in [0.1, 0.15) is 5.56 Å². The molecule has 0 bridgehead atoms. The zero-order valence-corrected chi connectivity index (χ0v) is 10.0. The lowest BCUT2D eigenvalue weighted by Gasteiger charge is -2.26. The molecule has 16 heavy (non-hydrogen) atoms. The van der Waals surface area contributed by atoms with E-state index in [4.69, 9.17) is 4.74 Å². The molecule has 2 nitrogen and oxygen atoms in total. The second kappa shape index (κ2) is 4.53. The van der Waals surface area contributed by atoms with Crippen molar-refractivity contribution < 1.29 is 4.74 Å². The van der Waals surface area contributed by atoms with Gasteiger partial charge in [-0.25, -0.2) is 0 Å². The van der Waals surface area contributed by atoms with Crippen molar-refractivity contribution >= 4 is 21.4 Å². The molecule has 0 unspecified atom stereocenters. The maximum atomic E-state index is 5.36. The van der Waals surface area contributed by atoms with E-state index in [1.54, 1.807) is 0 Å². The molecule has 0 N–H and O–H groups in total. The molecule has 0 amide bonds. The SMILES string of the molecule is c1cc2cc(CN3CCOCC3)ccc2s1. The first kappa shape index (κ1) is 10.3. The Morgan fingerprint density at radius 2 is 2.06 bits per heavy atom. The van der Waals surface area contributed by atoms with E-state index >= 15 is 0 Å². The van der Waals surface area contributed by atoms with Crippen LogP contribution in [0, 0.1) is 0 Å². The lowest BCUT2D eigenvalue weighted by atomic mass is 10.1. The van der Waals surface area contributed by atoms with Gasteiger partial charge in [0.25, 0.3) is 0 Å².